The van der Waals surface area contributed by atoms with Crippen LogP contribution in [-0.2, 0) is 19.8 Å². The number of nitrogens with zero attached hydrogens (tertiary/aromatic N) is 2. The molecule has 4 rings (SSSR count). The Balaban J connectivity index is 1.83. The number of pyridine rings is 2. The minimum absolute atomic E-state index is 0.479. The largest absolute Gasteiger partial charge is 0.257 e. The molecule has 0 saturated carbocycles. The summed E-state index contributed by atoms with van der Waals surface area (Å²) in [4.78, 5) is 4.76. The fourth-order valence-electron chi connectivity index (χ4n) is 4.22. The van der Waals surface area contributed by atoms with Crippen molar-refractivity contribution in [2.45, 2.75) is 54.3 Å². The molecule has 2 heteroatoms. The topological polar surface area (TPSA) is 16.8 Å². The number of hydrogen-bond acceptors (Lipinski definition) is 1. The maximum absolute atomic E-state index is 8.71. The fourth-order valence-corrected chi connectivity index (χ4v) is 4.22. The highest BCUT2D eigenvalue weighted by molar-refractivity contribution is 5.81. The summed E-state index contributed by atoms with van der Waals surface area (Å²) in [5, 5.41) is 0. The molecule has 1 aliphatic rings. The van der Waals surface area contributed by atoms with Gasteiger partial charge in [0.15, 0.2) is 6.20 Å². The van der Waals surface area contributed by atoms with Crippen molar-refractivity contribution in [1.29, 1.82) is 0 Å². The minimum Gasteiger partial charge on any atom is -0.257 e. The summed E-state index contributed by atoms with van der Waals surface area (Å²) in [6.45, 7) is 12.1. The maximum Gasteiger partial charge on any atom is 0.212 e. The molecular formula is C26H31N2+. The van der Waals surface area contributed by atoms with Gasteiger partial charge in [-0.25, -0.2) is 4.57 Å². The molecule has 0 N–H and O–H groups in total. The molecule has 144 valence electrons. The number of aryl methyl sites for hydroxylation is 3. The Hall–Kier alpha value is -2.48. The lowest BCUT2D eigenvalue weighted by Crippen LogP contribution is -2.32. The molecule has 0 radical (unpaired) electrons. The summed E-state index contributed by atoms with van der Waals surface area (Å²) >= 11 is 0. The first-order valence-corrected chi connectivity index (χ1v) is 10.0. The third-order valence-corrected chi connectivity index (χ3v) is 5.61. The lowest BCUT2D eigenvalue weighted by Gasteiger charge is -2.19. The van der Waals surface area contributed by atoms with Crippen LogP contribution in [0.3, 0.4) is 0 Å². The van der Waals surface area contributed by atoms with E-state index < -0.39 is 11.8 Å². The fraction of sp³-hybridized carbons (Fsp3) is 0.385. The molecule has 0 spiro atoms. The molecule has 1 aromatic carbocycles. The van der Waals surface area contributed by atoms with Crippen LogP contribution in [0.2, 0.25) is 0 Å². The van der Waals surface area contributed by atoms with Gasteiger partial charge in [0.2, 0.25) is 5.69 Å². The van der Waals surface area contributed by atoms with E-state index in [1.807, 2.05) is 47.9 Å². The summed E-state index contributed by atoms with van der Waals surface area (Å²) in [5.74, 6) is 0. The van der Waals surface area contributed by atoms with Crippen LogP contribution in [0.25, 0.3) is 22.4 Å². The van der Waals surface area contributed by atoms with Gasteiger partial charge < -0.3 is 0 Å². The molecule has 0 fully saturated rings. The Kier molecular flexibility index (Phi) is 3.85. The van der Waals surface area contributed by atoms with Crippen molar-refractivity contribution in [3.05, 3.63) is 70.2 Å². The van der Waals surface area contributed by atoms with Crippen molar-refractivity contribution in [3.63, 3.8) is 0 Å². The van der Waals surface area contributed by atoms with E-state index in [2.05, 4.69) is 41.8 Å². The van der Waals surface area contributed by atoms with Gasteiger partial charge in [-0.15, -0.1) is 0 Å². The molecule has 0 bridgehead atoms. The first-order valence-electron chi connectivity index (χ1n) is 11.0. The predicted molar refractivity (Wildman–Crippen MR) is 116 cm³/mol. The Morgan fingerprint density at radius 1 is 1.04 bits per heavy atom. The van der Waals surface area contributed by atoms with Gasteiger partial charge in [0.25, 0.3) is 0 Å². The van der Waals surface area contributed by atoms with Gasteiger partial charge in [0.05, 0.1) is 5.69 Å². The molecule has 0 atom stereocenters. The monoisotopic (exact) mass is 373 g/mol. The molecule has 0 saturated heterocycles. The van der Waals surface area contributed by atoms with Crippen molar-refractivity contribution >= 4 is 0 Å². The highest BCUT2D eigenvalue weighted by Crippen LogP contribution is 2.40. The number of benzene rings is 1. The molecule has 1 aliphatic carbocycles. The normalized spacial score (nSPS) is 14.4. The Labute approximate surface area is 172 Å². The third kappa shape index (κ3) is 3.26. The molecule has 0 amide bonds. The molecule has 3 aromatic rings. The second kappa shape index (κ2) is 6.55. The number of aromatic nitrogens is 2. The first-order chi connectivity index (χ1) is 13.9. The van der Waals surface area contributed by atoms with Gasteiger partial charge in [0, 0.05) is 37.6 Å². The summed E-state index contributed by atoms with van der Waals surface area (Å²) in [7, 11) is 2.02. The molecule has 28 heavy (non-hydrogen) atoms. The summed E-state index contributed by atoms with van der Waals surface area (Å²) in [5.41, 5.74) is 11.0. The molecule has 2 nitrogen and oxygen atoms in total. The third-order valence-electron chi connectivity index (χ3n) is 5.61. The Morgan fingerprint density at radius 2 is 1.71 bits per heavy atom. The van der Waals surface area contributed by atoms with Crippen LogP contribution in [0.4, 0.5) is 0 Å². The molecule has 0 aliphatic heterocycles. The van der Waals surface area contributed by atoms with Gasteiger partial charge in [-0.1, -0.05) is 32.9 Å². The molecule has 0 unspecified atom stereocenters. The van der Waals surface area contributed by atoms with E-state index >= 15 is 0 Å². The second-order valence-corrected chi connectivity index (χ2v) is 9.13. The van der Waals surface area contributed by atoms with Crippen LogP contribution >= 0.6 is 0 Å². The molecule has 2 heterocycles. The lowest BCUT2D eigenvalue weighted by molar-refractivity contribution is -0.660. The van der Waals surface area contributed by atoms with Crippen LogP contribution < -0.4 is 4.57 Å². The van der Waals surface area contributed by atoms with E-state index in [0.717, 1.165) is 28.9 Å². The molecule has 2 aromatic heterocycles. The molecular weight excluding hydrogens is 340 g/mol. The summed E-state index contributed by atoms with van der Waals surface area (Å²) in [6, 6.07) is 10.8. The van der Waals surface area contributed by atoms with Gasteiger partial charge in [-0.2, -0.15) is 0 Å². The average molecular weight is 374 g/mol. The van der Waals surface area contributed by atoms with Gasteiger partial charge in [-0.3, -0.25) is 4.98 Å². The highest BCUT2D eigenvalue weighted by Gasteiger charge is 2.26. The van der Waals surface area contributed by atoms with Gasteiger partial charge >= 0.3 is 0 Å². The van der Waals surface area contributed by atoms with Crippen LogP contribution in [0.1, 0.15) is 57.2 Å². The standard InChI is InChI=1S/C26H31N2/c1-16-12-25(28(7)15-19(16)14-26(4,5)6)20-10-11-21-22-9-8-17(2)27-24(22)13-23(21)18(20)3/h8-12,15H,13-14H2,1-7H3/q+1/i14D2. The minimum atomic E-state index is -1.41. The number of fused-ring (bicyclic) bond motifs is 3. The van der Waals surface area contributed by atoms with E-state index in [9.17, 15) is 0 Å². The van der Waals surface area contributed by atoms with Crippen LogP contribution in [0.15, 0.2) is 36.5 Å². The van der Waals surface area contributed by atoms with E-state index in [-0.39, 0.29) is 0 Å². The van der Waals surface area contributed by atoms with Gasteiger partial charge in [-0.05, 0) is 66.9 Å². The quantitative estimate of drug-likeness (QED) is 0.414. The number of rotatable bonds is 2. The van der Waals surface area contributed by atoms with Gasteiger partial charge in [0.1, 0.15) is 7.05 Å². The highest BCUT2D eigenvalue weighted by atomic mass is 14.9. The van der Waals surface area contributed by atoms with Crippen LogP contribution in [0.5, 0.6) is 0 Å². The van der Waals surface area contributed by atoms with E-state index in [0.29, 0.717) is 0 Å². The van der Waals surface area contributed by atoms with Crippen molar-refractivity contribution in [2.75, 3.05) is 0 Å². The van der Waals surface area contributed by atoms with Crippen molar-refractivity contribution < 1.29 is 7.31 Å². The average Bonchev–Trinajstić information content (AvgIpc) is 3.01. The maximum atomic E-state index is 8.71. The van der Waals surface area contributed by atoms with E-state index in [1.165, 1.54) is 33.5 Å². The summed E-state index contributed by atoms with van der Waals surface area (Å²) in [6.07, 6.45) is 1.44. The Morgan fingerprint density at radius 3 is 2.43 bits per heavy atom. The zero-order valence-corrected chi connectivity index (χ0v) is 18.1. The van der Waals surface area contributed by atoms with Crippen molar-refractivity contribution in [1.82, 2.24) is 4.98 Å². The summed E-state index contributed by atoms with van der Waals surface area (Å²) < 4.78 is 19.5. The Bertz CT molecular complexity index is 1170. The van der Waals surface area contributed by atoms with E-state index in [4.69, 9.17) is 7.73 Å². The van der Waals surface area contributed by atoms with Crippen LogP contribution in [0, 0.1) is 26.2 Å². The van der Waals surface area contributed by atoms with Crippen molar-refractivity contribution in [2.24, 2.45) is 12.5 Å². The zero-order valence-electron chi connectivity index (χ0n) is 20.1. The first kappa shape index (κ1) is 16.5. The van der Waals surface area contributed by atoms with Crippen LogP contribution in [-0.4, -0.2) is 4.98 Å². The zero-order chi connectivity index (χ0) is 22.0. The SMILES string of the molecule is [2H]C([2H])(c1c[n+](C)c(-c2ccc3c(c2C)Cc2nc(C)ccc2-3)cc1C)C(C)(C)C. The predicted octanol–water partition coefficient (Wildman–Crippen LogP) is 5.66. The van der Waals surface area contributed by atoms with Crippen molar-refractivity contribution in [3.8, 4) is 22.4 Å². The number of hydrogen-bond donors (Lipinski definition) is 0. The second-order valence-electron chi connectivity index (χ2n) is 9.13. The lowest BCUT2D eigenvalue weighted by atomic mass is 9.86. The van der Waals surface area contributed by atoms with E-state index in [1.54, 1.807) is 0 Å². The smallest absolute Gasteiger partial charge is 0.212 e.